The molecule has 1 amide bonds. The molecule has 0 spiro atoms. The minimum Gasteiger partial charge on any atom is -0.487 e. The summed E-state index contributed by atoms with van der Waals surface area (Å²) in [7, 11) is 0. The predicted octanol–water partition coefficient (Wildman–Crippen LogP) is 6.06. The van der Waals surface area contributed by atoms with E-state index < -0.39 is 5.60 Å². The number of carbonyl (C=O) groups excluding carboxylic acids is 1. The van der Waals surface area contributed by atoms with E-state index in [2.05, 4.69) is 39.1 Å². The van der Waals surface area contributed by atoms with Crippen molar-refractivity contribution in [3.63, 3.8) is 0 Å². The number of carbonyl (C=O) groups is 1. The van der Waals surface area contributed by atoms with Gasteiger partial charge in [0.2, 0.25) is 5.91 Å². The van der Waals surface area contributed by atoms with Gasteiger partial charge in [0.25, 0.3) is 0 Å². The summed E-state index contributed by atoms with van der Waals surface area (Å²) >= 11 is 6.15. The molecule has 4 aliphatic rings. The van der Waals surface area contributed by atoms with Gasteiger partial charge in [-0.3, -0.25) is 9.79 Å². The normalized spacial score (nSPS) is 25.3. The second kappa shape index (κ2) is 13.3. The lowest BCUT2D eigenvalue weighted by atomic mass is 9.80. The highest BCUT2D eigenvalue weighted by atomic mass is 35.5. The Hall–Kier alpha value is -2.41. The van der Waals surface area contributed by atoms with E-state index in [4.69, 9.17) is 16.3 Å². The Morgan fingerprint density at radius 2 is 2.15 bits per heavy atom. The average Bonchev–Trinajstić information content (AvgIpc) is 3.31. The second-order valence-electron chi connectivity index (χ2n) is 11.5. The summed E-state index contributed by atoms with van der Waals surface area (Å²) in [6, 6.07) is 0.245. The van der Waals surface area contributed by atoms with Crippen molar-refractivity contribution in [3.05, 3.63) is 69.7 Å². The highest BCUT2D eigenvalue weighted by molar-refractivity contribution is 6.29. The first-order valence-corrected chi connectivity index (χ1v) is 14.8. The number of ether oxygens (including phenoxy) is 1. The first-order chi connectivity index (χ1) is 18.7. The van der Waals surface area contributed by atoms with Crippen molar-refractivity contribution in [1.29, 1.82) is 0 Å². The number of rotatable bonds is 9. The third kappa shape index (κ3) is 7.84. The van der Waals surface area contributed by atoms with Gasteiger partial charge in [-0.25, -0.2) is 0 Å². The van der Waals surface area contributed by atoms with Gasteiger partial charge >= 0.3 is 0 Å². The van der Waals surface area contributed by atoms with Crippen LogP contribution in [0.25, 0.3) is 0 Å². The number of likely N-dealkylation sites (tertiary alicyclic amines) is 1. The third-order valence-corrected chi connectivity index (χ3v) is 8.44. The topological polar surface area (TPSA) is 65.4 Å². The number of allylic oxidation sites excluding steroid dienone is 7. The number of hydrogen-bond donors (Lipinski definition) is 1. The molecule has 0 radical (unpaired) electrons. The molecule has 0 bridgehead atoms. The standard InChI is InChI=1S/C32H44ClN3O3/c1-5-31(37)36(20-23-9-12-26(33)13-10-23)28-15-17-35(21-28)16-7-8-24-18-27(34-6-2)22-39-30-14-11-25(19-29(24)30)32(3,4)38/h6,8-9,11-12,14,18,25,28,38H,5,7,10,13,15-17,19-22H2,1-4H3/b24-8+,34-6-/t25?,28-/m0/s1. The Kier molecular flexibility index (Phi) is 10.1. The highest BCUT2D eigenvalue weighted by Gasteiger charge is 2.32. The molecule has 0 aromatic heterocycles. The SMILES string of the molecule is C/C=N\C1=CC(=C\CCN2CC[C@H](N(CC3=CC=C(Cl)CC3)C(=O)CC)C2)/C2=C(C=CC(C(C)(C)O)C2)OC1. The monoisotopic (exact) mass is 553 g/mol. The summed E-state index contributed by atoms with van der Waals surface area (Å²) in [6.07, 6.45) is 19.3. The van der Waals surface area contributed by atoms with Crippen LogP contribution in [-0.2, 0) is 9.53 Å². The van der Waals surface area contributed by atoms with Gasteiger partial charge in [0.1, 0.15) is 12.4 Å². The number of aliphatic hydroxyl groups is 1. The molecule has 6 nitrogen and oxygen atoms in total. The fourth-order valence-corrected chi connectivity index (χ4v) is 5.92. The lowest BCUT2D eigenvalue weighted by Gasteiger charge is -2.31. The first kappa shape index (κ1) is 29.6. The molecular weight excluding hydrogens is 510 g/mol. The zero-order valence-corrected chi connectivity index (χ0v) is 24.7. The van der Waals surface area contributed by atoms with Crippen LogP contribution in [0.15, 0.2) is 74.7 Å². The van der Waals surface area contributed by atoms with Gasteiger partial charge in [-0.15, -0.1) is 0 Å². The van der Waals surface area contributed by atoms with Crippen molar-refractivity contribution in [2.45, 2.75) is 77.9 Å². The Labute approximate surface area is 239 Å². The van der Waals surface area contributed by atoms with E-state index in [0.29, 0.717) is 19.6 Å². The quantitative estimate of drug-likeness (QED) is 0.352. The fraction of sp³-hybridized carbons (Fsp3) is 0.562. The Bertz CT molecular complexity index is 1140. The molecule has 1 unspecified atom stereocenters. The van der Waals surface area contributed by atoms with Crippen molar-refractivity contribution >= 4 is 23.7 Å². The van der Waals surface area contributed by atoms with E-state index in [1.54, 1.807) is 6.21 Å². The van der Waals surface area contributed by atoms with E-state index in [0.717, 1.165) is 79.4 Å². The molecule has 2 atom stereocenters. The number of nitrogens with zero attached hydrogens (tertiary/aromatic N) is 3. The Balaban J connectivity index is 1.43. The molecule has 1 N–H and O–H groups in total. The molecule has 2 aliphatic carbocycles. The van der Waals surface area contributed by atoms with Gasteiger partial charge < -0.3 is 19.6 Å². The largest absolute Gasteiger partial charge is 0.487 e. The van der Waals surface area contributed by atoms with E-state index in [1.807, 2.05) is 39.8 Å². The van der Waals surface area contributed by atoms with Gasteiger partial charge in [0, 0.05) is 61.4 Å². The molecule has 2 aliphatic heterocycles. The summed E-state index contributed by atoms with van der Waals surface area (Å²) < 4.78 is 6.11. The maximum absolute atomic E-state index is 12.9. The van der Waals surface area contributed by atoms with Crippen LogP contribution in [0, 0.1) is 5.92 Å². The zero-order valence-electron chi connectivity index (χ0n) is 24.0. The van der Waals surface area contributed by atoms with Crippen molar-refractivity contribution in [2.75, 3.05) is 32.8 Å². The maximum Gasteiger partial charge on any atom is 0.222 e. The number of aliphatic imine (C=N–C) groups is 1. The molecule has 212 valence electrons. The molecular formula is C32H44ClN3O3. The van der Waals surface area contributed by atoms with Crippen LogP contribution in [0.4, 0.5) is 0 Å². The smallest absolute Gasteiger partial charge is 0.222 e. The van der Waals surface area contributed by atoms with Crippen molar-refractivity contribution in [3.8, 4) is 0 Å². The lowest BCUT2D eigenvalue weighted by Crippen LogP contribution is -2.43. The molecule has 39 heavy (non-hydrogen) atoms. The second-order valence-corrected chi connectivity index (χ2v) is 12.0. The fourth-order valence-electron chi connectivity index (χ4n) is 5.76. The van der Waals surface area contributed by atoms with Crippen molar-refractivity contribution in [1.82, 2.24) is 9.80 Å². The highest BCUT2D eigenvalue weighted by Crippen LogP contribution is 2.37. The van der Waals surface area contributed by atoms with Gasteiger partial charge in [0.15, 0.2) is 0 Å². The zero-order chi connectivity index (χ0) is 28.0. The van der Waals surface area contributed by atoms with Crippen LogP contribution < -0.4 is 0 Å². The lowest BCUT2D eigenvalue weighted by molar-refractivity contribution is -0.132. The Morgan fingerprint density at radius 3 is 2.85 bits per heavy atom. The summed E-state index contributed by atoms with van der Waals surface area (Å²) in [5.41, 5.74) is 3.65. The summed E-state index contributed by atoms with van der Waals surface area (Å²) in [4.78, 5) is 22.0. The summed E-state index contributed by atoms with van der Waals surface area (Å²) in [5.74, 6) is 1.13. The maximum atomic E-state index is 12.9. The van der Waals surface area contributed by atoms with Gasteiger partial charge in [0.05, 0.1) is 11.3 Å². The number of amides is 1. The van der Waals surface area contributed by atoms with Crippen LogP contribution in [0.3, 0.4) is 0 Å². The molecule has 2 heterocycles. The molecule has 1 fully saturated rings. The van der Waals surface area contributed by atoms with Crippen LogP contribution in [0.2, 0.25) is 0 Å². The van der Waals surface area contributed by atoms with Crippen LogP contribution in [-0.4, -0.2) is 71.5 Å². The summed E-state index contributed by atoms with van der Waals surface area (Å²) in [6.45, 7) is 11.6. The minimum absolute atomic E-state index is 0.0279. The van der Waals surface area contributed by atoms with Crippen LogP contribution in [0.1, 0.15) is 66.2 Å². The van der Waals surface area contributed by atoms with Crippen LogP contribution in [0.5, 0.6) is 0 Å². The van der Waals surface area contributed by atoms with E-state index in [9.17, 15) is 9.90 Å². The van der Waals surface area contributed by atoms with E-state index in [-0.39, 0.29) is 17.9 Å². The first-order valence-electron chi connectivity index (χ1n) is 14.4. The van der Waals surface area contributed by atoms with Gasteiger partial charge in [-0.05, 0) is 76.7 Å². The minimum atomic E-state index is -0.802. The molecule has 0 saturated carbocycles. The van der Waals surface area contributed by atoms with E-state index in [1.165, 1.54) is 5.57 Å². The molecule has 0 aromatic rings. The Morgan fingerprint density at radius 1 is 1.33 bits per heavy atom. The number of hydrogen-bond acceptors (Lipinski definition) is 5. The van der Waals surface area contributed by atoms with Crippen molar-refractivity contribution < 1.29 is 14.6 Å². The summed E-state index contributed by atoms with van der Waals surface area (Å²) in [5, 5.41) is 11.6. The van der Waals surface area contributed by atoms with Crippen LogP contribution >= 0.6 is 11.6 Å². The van der Waals surface area contributed by atoms with Gasteiger partial charge in [-0.2, -0.15) is 0 Å². The average molecular weight is 554 g/mol. The molecule has 0 aromatic carbocycles. The molecule has 4 rings (SSSR count). The third-order valence-electron chi connectivity index (χ3n) is 8.13. The van der Waals surface area contributed by atoms with E-state index >= 15 is 0 Å². The molecule has 1 saturated heterocycles. The van der Waals surface area contributed by atoms with Crippen molar-refractivity contribution in [2.24, 2.45) is 10.9 Å². The van der Waals surface area contributed by atoms with Gasteiger partial charge in [-0.1, -0.05) is 42.3 Å². The molecule has 7 heteroatoms. The predicted molar refractivity (Wildman–Crippen MR) is 160 cm³/mol. The number of halogens is 1.